The van der Waals surface area contributed by atoms with E-state index in [0.717, 1.165) is 10.1 Å². The minimum atomic E-state index is -0.565. The molecule has 0 spiro atoms. The molecule has 4 aromatic rings. The summed E-state index contributed by atoms with van der Waals surface area (Å²) in [5.41, 5.74) is 1.21. The summed E-state index contributed by atoms with van der Waals surface area (Å²) in [6.07, 6.45) is 0.436. The lowest BCUT2D eigenvalue weighted by Gasteiger charge is -2.06. The van der Waals surface area contributed by atoms with Gasteiger partial charge in [-0.3, -0.25) is 14.2 Å². The molecule has 0 atom stereocenters. The molecule has 4 rings (SSSR count). The third-order valence-electron chi connectivity index (χ3n) is 4.50. The van der Waals surface area contributed by atoms with E-state index in [2.05, 4.69) is 5.32 Å². The Kier molecular flexibility index (Phi) is 5.87. The van der Waals surface area contributed by atoms with E-state index in [1.807, 2.05) is 30.3 Å². The molecule has 0 unspecified atom stereocenters. The maximum Gasteiger partial charge on any atom is 0.419 e. The first-order valence-corrected chi connectivity index (χ1v) is 10.4. The van der Waals surface area contributed by atoms with E-state index in [4.69, 9.17) is 20.8 Å². The van der Waals surface area contributed by atoms with Crippen molar-refractivity contribution >= 4 is 56.0 Å². The zero-order valence-electron chi connectivity index (χ0n) is 15.7. The maximum absolute atomic E-state index is 12.3. The fraction of sp³-hybridized carbons (Fsp3) is 0.190. The fourth-order valence-electron chi connectivity index (χ4n) is 3.08. The van der Waals surface area contributed by atoms with Gasteiger partial charge in [-0.2, -0.15) is 0 Å². The Morgan fingerprint density at radius 1 is 1.13 bits per heavy atom. The van der Waals surface area contributed by atoms with E-state index in [9.17, 15) is 14.4 Å². The molecule has 0 bridgehead atoms. The molecule has 0 aliphatic rings. The SMILES string of the molecule is O=C(CNC(=O)c1sc2ccccc2c1Cl)OCCCn1c(=O)oc2ccccc21. The first-order valence-electron chi connectivity index (χ1n) is 9.24. The zero-order valence-corrected chi connectivity index (χ0v) is 17.3. The molecule has 2 heterocycles. The highest BCUT2D eigenvalue weighted by Gasteiger charge is 2.17. The van der Waals surface area contributed by atoms with Crippen LogP contribution in [0, 0.1) is 0 Å². The maximum atomic E-state index is 12.3. The van der Waals surface area contributed by atoms with E-state index in [1.54, 1.807) is 18.2 Å². The van der Waals surface area contributed by atoms with Crippen LogP contribution in [-0.4, -0.2) is 29.6 Å². The number of carbonyl (C=O) groups is 2. The number of benzene rings is 2. The van der Waals surface area contributed by atoms with Gasteiger partial charge in [0, 0.05) is 16.6 Å². The Hall–Kier alpha value is -3.10. The van der Waals surface area contributed by atoms with Crippen molar-refractivity contribution in [3.8, 4) is 0 Å². The predicted molar refractivity (Wildman–Crippen MR) is 115 cm³/mol. The number of esters is 1. The van der Waals surface area contributed by atoms with Gasteiger partial charge in [0.15, 0.2) is 5.58 Å². The Labute approximate surface area is 179 Å². The highest BCUT2D eigenvalue weighted by atomic mass is 35.5. The summed E-state index contributed by atoms with van der Waals surface area (Å²) in [5, 5.41) is 3.71. The average molecular weight is 445 g/mol. The Morgan fingerprint density at radius 3 is 2.73 bits per heavy atom. The molecule has 2 aromatic carbocycles. The van der Waals surface area contributed by atoms with Crippen LogP contribution in [0.5, 0.6) is 0 Å². The number of oxazole rings is 1. The van der Waals surface area contributed by atoms with Gasteiger partial charge >= 0.3 is 11.7 Å². The van der Waals surface area contributed by atoms with Crippen molar-refractivity contribution in [2.45, 2.75) is 13.0 Å². The number of nitrogens with zero attached hydrogens (tertiary/aromatic N) is 1. The molecule has 9 heteroatoms. The minimum absolute atomic E-state index is 0.115. The number of para-hydroxylation sites is 2. The summed E-state index contributed by atoms with van der Waals surface area (Å²) >= 11 is 7.54. The average Bonchev–Trinajstić information content (AvgIpc) is 3.26. The zero-order chi connectivity index (χ0) is 21.1. The van der Waals surface area contributed by atoms with Gasteiger partial charge in [-0.1, -0.05) is 41.9 Å². The van der Waals surface area contributed by atoms with Crippen molar-refractivity contribution < 1.29 is 18.7 Å². The number of carbonyl (C=O) groups excluding carboxylic acids is 2. The van der Waals surface area contributed by atoms with Gasteiger partial charge in [-0.25, -0.2) is 4.79 Å². The normalized spacial score (nSPS) is 11.1. The molecular weight excluding hydrogens is 428 g/mol. The number of aromatic nitrogens is 1. The number of hydrogen-bond acceptors (Lipinski definition) is 6. The molecule has 30 heavy (non-hydrogen) atoms. The molecule has 154 valence electrons. The van der Waals surface area contributed by atoms with Crippen molar-refractivity contribution in [3.05, 3.63) is 69.0 Å². The highest BCUT2D eigenvalue weighted by molar-refractivity contribution is 7.21. The molecule has 0 radical (unpaired) electrons. The number of amides is 1. The summed E-state index contributed by atoms with van der Waals surface area (Å²) in [4.78, 5) is 36.5. The topological polar surface area (TPSA) is 90.5 Å². The second-order valence-electron chi connectivity index (χ2n) is 6.49. The summed E-state index contributed by atoms with van der Waals surface area (Å²) in [6.45, 7) is 0.204. The Balaban J connectivity index is 1.26. The van der Waals surface area contributed by atoms with Crippen LogP contribution >= 0.6 is 22.9 Å². The molecule has 1 N–H and O–H groups in total. The summed E-state index contributed by atoms with van der Waals surface area (Å²) in [5.74, 6) is -1.44. The largest absolute Gasteiger partial charge is 0.464 e. The second-order valence-corrected chi connectivity index (χ2v) is 7.92. The number of thiophene rings is 1. The standard InChI is InChI=1S/C21H17ClN2O5S/c22-18-13-6-1-4-9-16(13)30-19(18)20(26)23-12-17(25)28-11-5-10-24-14-7-2-3-8-15(14)29-21(24)27/h1-4,6-9H,5,10-12H2,(H,23,26). The van der Waals surface area contributed by atoms with Gasteiger partial charge in [-0.05, 0) is 24.6 Å². The van der Waals surface area contributed by atoms with Crippen molar-refractivity contribution in [2.24, 2.45) is 0 Å². The lowest BCUT2D eigenvalue weighted by Crippen LogP contribution is -2.30. The van der Waals surface area contributed by atoms with E-state index >= 15 is 0 Å². The van der Waals surface area contributed by atoms with Crippen LogP contribution in [0.1, 0.15) is 16.1 Å². The van der Waals surface area contributed by atoms with Gasteiger partial charge in [0.25, 0.3) is 5.91 Å². The van der Waals surface area contributed by atoms with Gasteiger partial charge in [0.2, 0.25) is 0 Å². The second kappa shape index (κ2) is 8.73. The Bertz CT molecular complexity index is 1290. The van der Waals surface area contributed by atoms with Crippen LogP contribution in [0.2, 0.25) is 5.02 Å². The highest BCUT2D eigenvalue weighted by Crippen LogP contribution is 2.34. The van der Waals surface area contributed by atoms with Gasteiger partial charge in [0.1, 0.15) is 11.4 Å². The summed E-state index contributed by atoms with van der Waals surface area (Å²) in [7, 11) is 0. The van der Waals surface area contributed by atoms with Crippen LogP contribution in [0.3, 0.4) is 0 Å². The number of nitrogens with one attached hydrogen (secondary N) is 1. The van der Waals surface area contributed by atoms with Crippen LogP contribution in [0.15, 0.2) is 57.7 Å². The minimum Gasteiger partial charge on any atom is -0.464 e. The van der Waals surface area contributed by atoms with Crippen molar-refractivity contribution in [1.29, 1.82) is 0 Å². The van der Waals surface area contributed by atoms with Crippen molar-refractivity contribution in [3.63, 3.8) is 0 Å². The number of rotatable bonds is 7. The molecular formula is C21H17ClN2O5S. The molecule has 0 fully saturated rings. The van der Waals surface area contributed by atoms with Crippen LogP contribution in [0.4, 0.5) is 0 Å². The molecule has 2 aromatic heterocycles. The third-order valence-corrected chi connectivity index (χ3v) is 6.17. The predicted octanol–water partition coefficient (Wildman–Crippen LogP) is 3.83. The summed E-state index contributed by atoms with van der Waals surface area (Å²) < 4.78 is 12.7. The van der Waals surface area contributed by atoms with Crippen LogP contribution in [-0.2, 0) is 16.1 Å². The number of hydrogen-bond donors (Lipinski definition) is 1. The number of halogens is 1. The Morgan fingerprint density at radius 2 is 1.90 bits per heavy atom. The number of ether oxygens (including phenoxy) is 1. The number of fused-ring (bicyclic) bond motifs is 2. The van der Waals surface area contributed by atoms with E-state index in [0.29, 0.717) is 34.0 Å². The van der Waals surface area contributed by atoms with Gasteiger partial charge in [0.05, 0.1) is 17.1 Å². The van der Waals surface area contributed by atoms with E-state index in [1.165, 1.54) is 15.9 Å². The summed E-state index contributed by atoms with van der Waals surface area (Å²) in [6, 6.07) is 14.6. The van der Waals surface area contributed by atoms with Crippen molar-refractivity contribution in [1.82, 2.24) is 9.88 Å². The molecule has 1 amide bonds. The molecule has 0 aliphatic heterocycles. The van der Waals surface area contributed by atoms with Crippen LogP contribution in [0.25, 0.3) is 21.2 Å². The van der Waals surface area contributed by atoms with E-state index in [-0.39, 0.29) is 13.2 Å². The monoisotopic (exact) mass is 444 g/mol. The smallest absolute Gasteiger partial charge is 0.419 e. The van der Waals surface area contributed by atoms with Gasteiger partial charge < -0.3 is 14.5 Å². The molecule has 7 nitrogen and oxygen atoms in total. The lowest BCUT2D eigenvalue weighted by molar-refractivity contribution is -0.142. The first kappa shape index (κ1) is 20.2. The third kappa shape index (κ3) is 4.10. The first-order chi connectivity index (χ1) is 14.5. The van der Waals surface area contributed by atoms with E-state index < -0.39 is 17.6 Å². The molecule has 0 saturated carbocycles. The molecule has 0 saturated heterocycles. The molecule has 0 aliphatic carbocycles. The van der Waals surface area contributed by atoms with Crippen LogP contribution < -0.4 is 11.1 Å². The quantitative estimate of drug-likeness (QED) is 0.345. The number of aryl methyl sites for hydroxylation is 1. The van der Waals surface area contributed by atoms with Gasteiger partial charge in [-0.15, -0.1) is 11.3 Å². The lowest BCUT2D eigenvalue weighted by atomic mass is 10.2. The van der Waals surface area contributed by atoms with Crippen molar-refractivity contribution in [2.75, 3.05) is 13.2 Å². The fourth-order valence-corrected chi connectivity index (χ4v) is 4.51.